The lowest BCUT2D eigenvalue weighted by Crippen LogP contribution is -2.46. The normalized spacial score (nSPS) is 14.4. The number of amides is 1. The minimum atomic E-state index is -0.268. The molecular formula is C26H31N3O3. The summed E-state index contributed by atoms with van der Waals surface area (Å²) in [5.74, 6) is 1.37. The second-order valence-corrected chi connectivity index (χ2v) is 8.24. The highest BCUT2D eigenvalue weighted by Gasteiger charge is 2.18. The first-order valence-electron chi connectivity index (χ1n) is 11.2. The van der Waals surface area contributed by atoms with Gasteiger partial charge in [0.1, 0.15) is 18.1 Å². The molecule has 0 aliphatic carbocycles. The van der Waals surface area contributed by atoms with Crippen molar-refractivity contribution < 1.29 is 13.9 Å². The third kappa shape index (κ3) is 5.32. The molecule has 1 N–H and O–H groups in total. The van der Waals surface area contributed by atoms with Gasteiger partial charge in [0.25, 0.3) is 5.91 Å². The molecule has 6 heteroatoms. The molecule has 1 saturated heterocycles. The summed E-state index contributed by atoms with van der Waals surface area (Å²) in [5, 5.41) is 2.94. The summed E-state index contributed by atoms with van der Waals surface area (Å²) in [7, 11) is 0. The van der Waals surface area contributed by atoms with Gasteiger partial charge in [0.05, 0.1) is 0 Å². The SMILES string of the molecule is CCN1CCN(c2ccc(NC(=O)c3ccc(COc4ccc(C)cc4)o3)cc2C)CC1. The number of furan rings is 1. The highest BCUT2D eigenvalue weighted by Crippen LogP contribution is 2.25. The Bertz CT molecular complexity index is 1050. The van der Waals surface area contributed by atoms with Crippen molar-refractivity contribution in [2.24, 2.45) is 0 Å². The number of aryl methyl sites for hydroxylation is 2. The second-order valence-electron chi connectivity index (χ2n) is 8.24. The number of carbonyl (C=O) groups excluding carboxylic acids is 1. The van der Waals surface area contributed by atoms with Crippen LogP contribution in [0.2, 0.25) is 0 Å². The van der Waals surface area contributed by atoms with E-state index in [1.54, 1.807) is 12.1 Å². The van der Waals surface area contributed by atoms with E-state index < -0.39 is 0 Å². The molecule has 0 radical (unpaired) electrons. The standard InChI is InChI=1S/C26H31N3O3/c1-4-28-13-15-29(16-14-28)24-11-7-21(17-20(24)3)27-26(30)25-12-10-23(32-25)18-31-22-8-5-19(2)6-9-22/h5-12,17H,4,13-16,18H2,1-3H3,(H,27,30). The van der Waals surface area contributed by atoms with Crippen LogP contribution >= 0.6 is 0 Å². The van der Waals surface area contributed by atoms with E-state index in [9.17, 15) is 4.79 Å². The number of anilines is 2. The van der Waals surface area contributed by atoms with Gasteiger partial charge < -0.3 is 24.3 Å². The number of nitrogens with zero attached hydrogens (tertiary/aromatic N) is 2. The summed E-state index contributed by atoms with van der Waals surface area (Å²) in [6, 6.07) is 17.3. The average Bonchev–Trinajstić information content (AvgIpc) is 3.28. The number of ether oxygens (including phenoxy) is 1. The predicted molar refractivity (Wildman–Crippen MR) is 128 cm³/mol. The zero-order valence-corrected chi connectivity index (χ0v) is 19.1. The van der Waals surface area contributed by atoms with Gasteiger partial charge in [-0.1, -0.05) is 24.6 Å². The van der Waals surface area contributed by atoms with E-state index in [-0.39, 0.29) is 18.3 Å². The summed E-state index contributed by atoms with van der Waals surface area (Å²) in [6.07, 6.45) is 0. The number of hydrogen-bond acceptors (Lipinski definition) is 5. The molecule has 32 heavy (non-hydrogen) atoms. The topological polar surface area (TPSA) is 58.0 Å². The van der Waals surface area contributed by atoms with Crippen LogP contribution in [-0.4, -0.2) is 43.5 Å². The zero-order valence-electron chi connectivity index (χ0n) is 19.1. The fourth-order valence-corrected chi connectivity index (χ4v) is 3.95. The van der Waals surface area contributed by atoms with Crippen LogP contribution in [0.25, 0.3) is 0 Å². The van der Waals surface area contributed by atoms with Crippen LogP contribution in [0.3, 0.4) is 0 Å². The molecule has 0 atom stereocenters. The molecular weight excluding hydrogens is 402 g/mol. The molecule has 0 unspecified atom stereocenters. The van der Waals surface area contributed by atoms with Crippen LogP contribution < -0.4 is 15.0 Å². The highest BCUT2D eigenvalue weighted by molar-refractivity contribution is 6.02. The summed E-state index contributed by atoms with van der Waals surface area (Å²) in [5.41, 5.74) is 4.32. The van der Waals surface area contributed by atoms with Crippen LogP contribution in [0.4, 0.5) is 11.4 Å². The minimum Gasteiger partial charge on any atom is -0.486 e. The number of benzene rings is 2. The fraction of sp³-hybridized carbons (Fsp3) is 0.346. The Morgan fingerprint density at radius 1 is 1.00 bits per heavy atom. The van der Waals surface area contributed by atoms with Gasteiger partial charge in [0, 0.05) is 37.6 Å². The van der Waals surface area contributed by atoms with Gasteiger partial charge in [-0.25, -0.2) is 0 Å². The Morgan fingerprint density at radius 2 is 1.75 bits per heavy atom. The number of piperazine rings is 1. The van der Waals surface area contributed by atoms with Crippen molar-refractivity contribution in [1.29, 1.82) is 0 Å². The maximum absolute atomic E-state index is 12.6. The third-order valence-electron chi connectivity index (χ3n) is 5.90. The minimum absolute atomic E-state index is 0.268. The lowest BCUT2D eigenvalue weighted by molar-refractivity contribution is 0.0992. The van der Waals surface area contributed by atoms with E-state index in [0.29, 0.717) is 5.76 Å². The van der Waals surface area contributed by atoms with Crippen molar-refractivity contribution in [3.05, 3.63) is 77.2 Å². The largest absolute Gasteiger partial charge is 0.486 e. The van der Waals surface area contributed by atoms with Crippen LogP contribution in [0.5, 0.6) is 5.75 Å². The van der Waals surface area contributed by atoms with Crippen LogP contribution in [-0.2, 0) is 6.61 Å². The van der Waals surface area contributed by atoms with Gasteiger partial charge in [-0.3, -0.25) is 4.79 Å². The summed E-state index contributed by atoms with van der Waals surface area (Å²) in [6.45, 7) is 11.9. The van der Waals surface area contributed by atoms with Crippen molar-refractivity contribution in [2.45, 2.75) is 27.4 Å². The van der Waals surface area contributed by atoms with Crippen molar-refractivity contribution >= 4 is 17.3 Å². The van der Waals surface area contributed by atoms with E-state index in [1.165, 1.54) is 11.3 Å². The molecule has 2 aromatic carbocycles. The Hall–Kier alpha value is -3.25. The van der Waals surface area contributed by atoms with Crippen LogP contribution in [0.15, 0.2) is 59.0 Å². The molecule has 1 aliphatic heterocycles. The van der Waals surface area contributed by atoms with Crippen molar-refractivity contribution in [1.82, 2.24) is 4.90 Å². The molecule has 2 heterocycles. The summed E-state index contributed by atoms with van der Waals surface area (Å²) >= 11 is 0. The Morgan fingerprint density at radius 3 is 2.44 bits per heavy atom. The summed E-state index contributed by atoms with van der Waals surface area (Å²) in [4.78, 5) is 17.5. The van der Waals surface area contributed by atoms with Crippen molar-refractivity contribution in [3.8, 4) is 5.75 Å². The molecule has 0 spiro atoms. The lowest BCUT2D eigenvalue weighted by Gasteiger charge is -2.36. The number of carbonyl (C=O) groups is 1. The summed E-state index contributed by atoms with van der Waals surface area (Å²) < 4.78 is 11.4. The number of hydrogen-bond donors (Lipinski definition) is 1. The monoisotopic (exact) mass is 433 g/mol. The van der Waals surface area contributed by atoms with Gasteiger partial charge in [-0.15, -0.1) is 0 Å². The third-order valence-corrected chi connectivity index (χ3v) is 5.90. The van der Waals surface area contributed by atoms with E-state index in [4.69, 9.17) is 9.15 Å². The molecule has 1 fully saturated rings. The van der Waals surface area contributed by atoms with Crippen LogP contribution in [0.1, 0.15) is 34.4 Å². The Balaban J connectivity index is 1.33. The molecule has 1 aliphatic rings. The molecule has 6 nitrogen and oxygen atoms in total. The number of likely N-dealkylation sites (N-methyl/N-ethyl adjacent to an activating group) is 1. The maximum Gasteiger partial charge on any atom is 0.291 e. The van der Waals surface area contributed by atoms with Gasteiger partial charge in [-0.2, -0.15) is 0 Å². The highest BCUT2D eigenvalue weighted by atomic mass is 16.5. The van der Waals surface area contributed by atoms with Crippen LogP contribution in [0, 0.1) is 13.8 Å². The number of nitrogens with one attached hydrogen (secondary N) is 1. The molecule has 168 valence electrons. The van der Waals surface area contributed by atoms with E-state index in [2.05, 4.69) is 35.0 Å². The van der Waals surface area contributed by atoms with Gasteiger partial charge in [0.2, 0.25) is 0 Å². The first-order chi connectivity index (χ1) is 15.5. The maximum atomic E-state index is 12.6. The van der Waals surface area contributed by atoms with Crippen molar-refractivity contribution in [2.75, 3.05) is 42.9 Å². The second kappa shape index (κ2) is 9.92. The van der Waals surface area contributed by atoms with E-state index in [1.807, 2.05) is 43.3 Å². The fourth-order valence-electron chi connectivity index (χ4n) is 3.95. The van der Waals surface area contributed by atoms with E-state index in [0.717, 1.165) is 49.7 Å². The molecule has 1 aromatic heterocycles. The van der Waals surface area contributed by atoms with Crippen molar-refractivity contribution in [3.63, 3.8) is 0 Å². The number of rotatable bonds is 7. The molecule has 0 saturated carbocycles. The lowest BCUT2D eigenvalue weighted by atomic mass is 10.1. The Kier molecular flexibility index (Phi) is 6.81. The predicted octanol–water partition coefficient (Wildman–Crippen LogP) is 4.87. The quantitative estimate of drug-likeness (QED) is 0.576. The Labute approximate surface area is 189 Å². The smallest absolute Gasteiger partial charge is 0.291 e. The first kappa shape index (κ1) is 22.0. The van der Waals surface area contributed by atoms with Gasteiger partial charge in [-0.05, 0) is 68.4 Å². The molecule has 4 rings (SSSR count). The van der Waals surface area contributed by atoms with Gasteiger partial charge in [0.15, 0.2) is 5.76 Å². The van der Waals surface area contributed by atoms with Gasteiger partial charge >= 0.3 is 0 Å². The molecule has 3 aromatic rings. The molecule has 0 bridgehead atoms. The van der Waals surface area contributed by atoms with E-state index >= 15 is 0 Å². The zero-order chi connectivity index (χ0) is 22.5. The first-order valence-corrected chi connectivity index (χ1v) is 11.2. The average molecular weight is 434 g/mol. The molecule has 1 amide bonds.